The number of hydrogen-bond donors (Lipinski definition) is 1. The van der Waals surface area contributed by atoms with E-state index in [2.05, 4.69) is 5.32 Å². The highest BCUT2D eigenvalue weighted by molar-refractivity contribution is 7.87. The van der Waals surface area contributed by atoms with Gasteiger partial charge in [-0.05, 0) is 48.4 Å². The summed E-state index contributed by atoms with van der Waals surface area (Å²) in [5.41, 5.74) is 1.10. The first-order valence-corrected chi connectivity index (χ1v) is 12.5. The van der Waals surface area contributed by atoms with Crippen LogP contribution in [-0.4, -0.2) is 40.1 Å². The molecule has 0 heterocycles. The molecule has 0 aliphatic heterocycles. The van der Waals surface area contributed by atoms with Crippen molar-refractivity contribution in [2.75, 3.05) is 26.1 Å². The van der Waals surface area contributed by atoms with Gasteiger partial charge in [-0.15, -0.1) is 0 Å². The molecule has 0 saturated heterocycles. The Kier molecular flexibility index (Phi) is 8.59. The first-order chi connectivity index (χ1) is 16.7. The Hall–Kier alpha value is -3.72. The summed E-state index contributed by atoms with van der Waals surface area (Å²) in [6.45, 7) is 4.59. The number of hydrogen-bond acceptors (Lipinski definition) is 6. The summed E-state index contributed by atoms with van der Waals surface area (Å²) >= 11 is 0. The number of urea groups is 1. The lowest BCUT2D eigenvalue weighted by molar-refractivity contribution is 0.201. The van der Waals surface area contributed by atoms with Gasteiger partial charge >= 0.3 is 16.1 Å². The van der Waals surface area contributed by atoms with Crippen molar-refractivity contribution in [3.8, 4) is 17.2 Å². The Labute approximate surface area is 206 Å². The number of carbonyl (C=O) groups excluding carboxylic acids is 1. The van der Waals surface area contributed by atoms with Crippen LogP contribution in [0.1, 0.15) is 19.4 Å². The van der Waals surface area contributed by atoms with Gasteiger partial charge in [-0.1, -0.05) is 44.2 Å². The minimum Gasteiger partial charge on any atom is -0.497 e. The molecule has 0 bridgehead atoms. The van der Waals surface area contributed by atoms with Gasteiger partial charge in [0, 0.05) is 12.1 Å². The normalized spacial score (nSPS) is 11.1. The Morgan fingerprint density at radius 2 is 1.51 bits per heavy atom. The Morgan fingerprint density at radius 3 is 2.14 bits per heavy atom. The van der Waals surface area contributed by atoms with Gasteiger partial charge in [-0.3, -0.25) is 0 Å². The molecule has 3 rings (SSSR count). The van der Waals surface area contributed by atoms with Crippen molar-refractivity contribution < 1.29 is 26.9 Å². The average molecular weight is 499 g/mol. The van der Waals surface area contributed by atoms with Crippen molar-refractivity contribution >= 4 is 21.8 Å². The van der Waals surface area contributed by atoms with Crippen molar-refractivity contribution in [1.29, 1.82) is 0 Å². The van der Waals surface area contributed by atoms with Crippen LogP contribution in [0.2, 0.25) is 0 Å². The molecule has 8 nitrogen and oxygen atoms in total. The average Bonchev–Trinajstić information content (AvgIpc) is 2.84. The summed E-state index contributed by atoms with van der Waals surface area (Å²) in [6, 6.07) is 19.5. The number of methoxy groups -OCH3 is 2. The largest absolute Gasteiger partial charge is 0.497 e. The number of nitrogens with one attached hydrogen (secondary N) is 1. The maximum Gasteiger partial charge on any atom is 0.339 e. The van der Waals surface area contributed by atoms with Gasteiger partial charge in [0.05, 0.1) is 26.5 Å². The smallest absolute Gasteiger partial charge is 0.339 e. The molecule has 2 amide bonds. The molecule has 0 unspecified atom stereocenters. The zero-order valence-corrected chi connectivity index (χ0v) is 21.0. The monoisotopic (exact) mass is 498 g/mol. The molecule has 35 heavy (non-hydrogen) atoms. The number of carbonyl (C=O) groups is 1. The fourth-order valence-corrected chi connectivity index (χ4v) is 4.40. The van der Waals surface area contributed by atoms with Gasteiger partial charge in [0.15, 0.2) is 0 Å². The van der Waals surface area contributed by atoms with E-state index < -0.39 is 10.1 Å². The quantitative estimate of drug-likeness (QED) is 0.388. The van der Waals surface area contributed by atoms with Crippen LogP contribution in [0, 0.1) is 5.92 Å². The number of rotatable bonds is 10. The van der Waals surface area contributed by atoms with Crippen LogP contribution in [-0.2, 0) is 16.7 Å². The Bertz CT molecular complexity index is 1240. The number of para-hydroxylation sites is 3. The van der Waals surface area contributed by atoms with E-state index in [4.69, 9.17) is 13.7 Å². The van der Waals surface area contributed by atoms with Crippen molar-refractivity contribution in [1.82, 2.24) is 4.90 Å². The summed E-state index contributed by atoms with van der Waals surface area (Å²) in [6.07, 6.45) is 0. The fraction of sp³-hybridized carbons (Fsp3) is 0.269. The molecule has 3 aromatic rings. The zero-order valence-electron chi connectivity index (χ0n) is 20.2. The molecular weight excluding hydrogens is 468 g/mol. The van der Waals surface area contributed by atoms with Gasteiger partial charge in [0.25, 0.3) is 0 Å². The van der Waals surface area contributed by atoms with Crippen molar-refractivity contribution in [2.45, 2.75) is 25.3 Å². The molecule has 186 valence electrons. The van der Waals surface area contributed by atoms with E-state index >= 15 is 0 Å². The van der Waals surface area contributed by atoms with Crippen LogP contribution < -0.4 is 19.0 Å². The molecule has 0 fully saturated rings. The number of ether oxygens (including phenoxy) is 2. The zero-order chi connectivity index (χ0) is 25.4. The molecule has 0 spiro atoms. The second kappa shape index (κ2) is 11.6. The van der Waals surface area contributed by atoms with E-state index in [1.165, 1.54) is 26.4 Å². The van der Waals surface area contributed by atoms with E-state index in [0.29, 0.717) is 29.3 Å². The molecule has 9 heteroatoms. The number of nitrogens with zero attached hydrogens (tertiary/aromatic N) is 1. The fourth-order valence-electron chi connectivity index (χ4n) is 3.43. The summed E-state index contributed by atoms with van der Waals surface area (Å²) in [5.74, 6) is 1.41. The summed E-state index contributed by atoms with van der Waals surface area (Å²) < 4.78 is 41.7. The second-order valence-corrected chi connectivity index (χ2v) is 9.77. The molecule has 0 aliphatic carbocycles. The number of benzene rings is 3. The topological polar surface area (TPSA) is 94.2 Å². The summed E-state index contributed by atoms with van der Waals surface area (Å²) in [4.78, 5) is 14.8. The standard InChI is InChI=1S/C26H30N2O6S/c1-19(2)17-28(26(29)27-23-10-6-8-12-25(23)33-4)18-20-9-5-7-11-24(20)34-35(30,31)22-15-13-21(32-3)14-16-22/h5-16,19H,17-18H2,1-4H3,(H,27,29). The van der Waals surface area contributed by atoms with Crippen LogP contribution in [0.15, 0.2) is 77.7 Å². The molecule has 0 aromatic heterocycles. The second-order valence-electron chi connectivity index (χ2n) is 8.23. The van der Waals surface area contributed by atoms with Crippen LogP contribution in [0.25, 0.3) is 0 Å². The maximum atomic E-state index is 13.2. The Morgan fingerprint density at radius 1 is 0.886 bits per heavy atom. The van der Waals surface area contributed by atoms with Crippen molar-refractivity contribution in [3.05, 3.63) is 78.4 Å². The lowest BCUT2D eigenvalue weighted by atomic mass is 10.1. The molecule has 0 saturated carbocycles. The maximum absolute atomic E-state index is 13.2. The highest BCUT2D eigenvalue weighted by Crippen LogP contribution is 2.27. The molecule has 1 N–H and O–H groups in total. The predicted molar refractivity (Wildman–Crippen MR) is 135 cm³/mol. The summed E-state index contributed by atoms with van der Waals surface area (Å²) in [7, 11) is -1.05. The predicted octanol–water partition coefficient (Wildman–Crippen LogP) is 5.16. The summed E-state index contributed by atoms with van der Waals surface area (Å²) in [5, 5.41) is 2.88. The number of anilines is 1. The minimum atomic E-state index is -4.09. The molecule has 0 atom stereocenters. The van der Waals surface area contributed by atoms with E-state index in [9.17, 15) is 13.2 Å². The van der Waals surface area contributed by atoms with E-state index in [1.54, 1.807) is 59.5 Å². The highest BCUT2D eigenvalue weighted by atomic mass is 32.2. The van der Waals surface area contributed by atoms with E-state index in [1.807, 2.05) is 19.9 Å². The van der Waals surface area contributed by atoms with Gasteiger partial charge < -0.3 is 23.9 Å². The van der Waals surface area contributed by atoms with Crippen molar-refractivity contribution in [2.24, 2.45) is 5.92 Å². The molecule has 0 radical (unpaired) electrons. The lowest BCUT2D eigenvalue weighted by Crippen LogP contribution is -2.37. The SMILES string of the molecule is COc1ccc(S(=O)(=O)Oc2ccccc2CN(CC(C)C)C(=O)Nc2ccccc2OC)cc1. The third-order valence-corrected chi connectivity index (χ3v) is 6.35. The van der Waals surface area contributed by atoms with Gasteiger partial charge in [-0.25, -0.2) is 4.79 Å². The van der Waals surface area contributed by atoms with Crippen LogP contribution in [0.5, 0.6) is 17.2 Å². The van der Waals surface area contributed by atoms with Gasteiger partial charge in [-0.2, -0.15) is 8.42 Å². The molecular formula is C26H30N2O6S. The van der Waals surface area contributed by atoms with Gasteiger partial charge in [0.2, 0.25) is 0 Å². The van der Waals surface area contributed by atoms with Crippen LogP contribution in [0.4, 0.5) is 10.5 Å². The first-order valence-electron chi connectivity index (χ1n) is 11.1. The van der Waals surface area contributed by atoms with Crippen LogP contribution >= 0.6 is 0 Å². The third-order valence-electron chi connectivity index (χ3n) is 5.10. The van der Waals surface area contributed by atoms with E-state index in [-0.39, 0.29) is 29.1 Å². The van der Waals surface area contributed by atoms with Crippen LogP contribution in [0.3, 0.4) is 0 Å². The number of amides is 2. The first kappa shape index (κ1) is 25.9. The molecule has 0 aliphatic rings. The Balaban J connectivity index is 1.84. The highest BCUT2D eigenvalue weighted by Gasteiger charge is 2.22. The van der Waals surface area contributed by atoms with Gasteiger partial charge in [0.1, 0.15) is 22.1 Å². The minimum absolute atomic E-state index is 0.000977. The van der Waals surface area contributed by atoms with E-state index in [0.717, 1.165) is 0 Å². The van der Waals surface area contributed by atoms with Crippen molar-refractivity contribution in [3.63, 3.8) is 0 Å². The molecule has 3 aromatic carbocycles. The lowest BCUT2D eigenvalue weighted by Gasteiger charge is -2.26. The third kappa shape index (κ3) is 6.89.